The molecule has 0 spiro atoms. The highest BCUT2D eigenvalue weighted by Gasteiger charge is 2.04. The van der Waals surface area contributed by atoms with Crippen LogP contribution in [0.15, 0.2) is 24.4 Å². The summed E-state index contributed by atoms with van der Waals surface area (Å²) in [7, 11) is 0. The number of H-pyrrole nitrogens is 1. The number of aromatic nitrogens is 1. The molecule has 2 aromatic rings. The van der Waals surface area contributed by atoms with E-state index in [4.69, 9.17) is 16.9 Å². The topological polar surface area (TPSA) is 39.6 Å². The lowest BCUT2D eigenvalue weighted by Gasteiger charge is -1.91. The predicted molar refractivity (Wildman–Crippen MR) is 48.0 cm³/mol. The Bertz CT molecular complexity index is 465. The maximum atomic E-state index is 8.76. The van der Waals surface area contributed by atoms with Gasteiger partial charge in [-0.2, -0.15) is 5.26 Å². The number of rotatable bonds is 0. The first kappa shape index (κ1) is 7.20. The molecule has 58 valence electrons. The fraction of sp³-hybridized carbons (Fsp3) is 0. The molecule has 2 nitrogen and oxygen atoms in total. The van der Waals surface area contributed by atoms with Crippen LogP contribution < -0.4 is 0 Å². The van der Waals surface area contributed by atoms with Crippen molar-refractivity contribution in [2.75, 3.05) is 0 Å². The summed E-state index contributed by atoms with van der Waals surface area (Å²) in [6, 6.07) is 7.56. The second kappa shape index (κ2) is 2.54. The van der Waals surface area contributed by atoms with Crippen LogP contribution in [0.2, 0.25) is 5.02 Å². The summed E-state index contributed by atoms with van der Waals surface area (Å²) in [5.74, 6) is 0. The highest BCUT2D eigenvalue weighted by Crippen LogP contribution is 2.25. The Morgan fingerprint density at radius 1 is 1.42 bits per heavy atom. The Kier molecular flexibility index (Phi) is 1.53. The fourth-order valence-electron chi connectivity index (χ4n) is 1.24. The molecule has 1 N–H and O–H groups in total. The molecule has 0 aliphatic carbocycles. The number of benzene rings is 1. The van der Waals surface area contributed by atoms with Crippen LogP contribution in [0.25, 0.3) is 10.9 Å². The van der Waals surface area contributed by atoms with Crippen LogP contribution in [-0.2, 0) is 0 Å². The van der Waals surface area contributed by atoms with E-state index >= 15 is 0 Å². The second-order valence-electron chi connectivity index (χ2n) is 2.48. The Balaban J connectivity index is 2.96. The molecule has 1 heterocycles. The fourth-order valence-corrected chi connectivity index (χ4v) is 1.49. The first-order valence-electron chi connectivity index (χ1n) is 3.48. The summed E-state index contributed by atoms with van der Waals surface area (Å²) in [6.07, 6.45) is 1.69. The number of halogens is 1. The van der Waals surface area contributed by atoms with Crippen LogP contribution in [-0.4, -0.2) is 4.98 Å². The first-order chi connectivity index (χ1) is 5.83. The van der Waals surface area contributed by atoms with Gasteiger partial charge in [0.25, 0.3) is 0 Å². The van der Waals surface area contributed by atoms with Gasteiger partial charge in [0.05, 0.1) is 16.7 Å². The van der Waals surface area contributed by atoms with Crippen LogP contribution in [0.4, 0.5) is 0 Å². The Labute approximate surface area is 74.4 Å². The predicted octanol–water partition coefficient (Wildman–Crippen LogP) is 2.69. The van der Waals surface area contributed by atoms with Gasteiger partial charge in [-0.3, -0.25) is 0 Å². The van der Waals surface area contributed by atoms with Crippen LogP contribution in [0, 0.1) is 11.3 Å². The smallest absolute Gasteiger partial charge is 0.0999 e. The third-order valence-corrected chi connectivity index (χ3v) is 2.08. The van der Waals surface area contributed by atoms with E-state index in [0.29, 0.717) is 10.6 Å². The molecule has 0 saturated heterocycles. The summed E-state index contributed by atoms with van der Waals surface area (Å²) in [6.45, 7) is 0. The Morgan fingerprint density at radius 3 is 3.00 bits per heavy atom. The van der Waals surface area contributed by atoms with Crippen molar-refractivity contribution in [1.82, 2.24) is 4.98 Å². The molecular weight excluding hydrogens is 172 g/mol. The van der Waals surface area contributed by atoms with Gasteiger partial charge in [0.1, 0.15) is 0 Å². The number of nitrogens with one attached hydrogen (secondary N) is 1. The molecule has 0 radical (unpaired) electrons. The second-order valence-corrected chi connectivity index (χ2v) is 2.88. The molecule has 1 aromatic heterocycles. The van der Waals surface area contributed by atoms with Crippen LogP contribution >= 0.6 is 11.6 Å². The molecule has 12 heavy (non-hydrogen) atoms. The SMILES string of the molecule is N#Cc1cccc2[nH]cc(Cl)c12. The van der Waals surface area contributed by atoms with Crippen LogP contribution in [0.3, 0.4) is 0 Å². The van der Waals surface area contributed by atoms with Crippen molar-refractivity contribution in [3.63, 3.8) is 0 Å². The average molecular weight is 177 g/mol. The van der Waals surface area contributed by atoms with Crippen LogP contribution in [0.1, 0.15) is 5.56 Å². The van der Waals surface area contributed by atoms with E-state index in [1.165, 1.54) is 0 Å². The van der Waals surface area contributed by atoms with Gasteiger partial charge in [0.2, 0.25) is 0 Å². The molecule has 1 aromatic carbocycles. The number of hydrogen-bond acceptors (Lipinski definition) is 1. The van der Waals surface area contributed by atoms with Gasteiger partial charge < -0.3 is 4.98 Å². The van der Waals surface area contributed by atoms with Gasteiger partial charge in [-0.05, 0) is 12.1 Å². The maximum Gasteiger partial charge on any atom is 0.0999 e. The highest BCUT2D eigenvalue weighted by atomic mass is 35.5. The Morgan fingerprint density at radius 2 is 2.25 bits per heavy atom. The summed E-state index contributed by atoms with van der Waals surface area (Å²) in [5, 5.41) is 10.2. The summed E-state index contributed by atoms with van der Waals surface area (Å²) < 4.78 is 0. The van der Waals surface area contributed by atoms with Crippen molar-refractivity contribution in [1.29, 1.82) is 5.26 Å². The lowest BCUT2D eigenvalue weighted by molar-refractivity contribution is 1.47. The minimum absolute atomic E-state index is 0.599. The average Bonchev–Trinajstić information content (AvgIpc) is 2.48. The van der Waals surface area contributed by atoms with Gasteiger partial charge in [-0.15, -0.1) is 0 Å². The minimum atomic E-state index is 0.599. The van der Waals surface area contributed by atoms with Crippen molar-refractivity contribution in [3.05, 3.63) is 35.0 Å². The zero-order valence-electron chi connectivity index (χ0n) is 6.13. The molecule has 0 saturated carbocycles. The molecule has 0 aliphatic heterocycles. The molecule has 2 rings (SSSR count). The number of nitriles is 1. The molecule has 0 unspecified atom stereocenters. The standard InChI is InChI=1S/C9H5ClN2/c10-7-5-12-8-3-1-2-6(4-11)9(7)8/h1-3,5,12H. The normalized spacial score (nSPS) is 10.0. The van der Waals surface area contributed by atoms with Crippen LogP contribution in [0.5, 0.6) is 0 Å². The molecule has 0 fully saturated rings. The maximum absolute atomic E-state index is 8.76. The van der Waals surface area contributed by atoms with Gasteiger partial charge in [-0.25, -0.2) is 0 Å². The van der Waals surface area contributed by atoms with Crippen molar-refractivity contribution in [3.8, 4) is 6.07 Å². The zero-order valence-corrected chi connectivity index (χ0v) is 6.89. The molecule has 3 heteroatoms. The van der Waals surface area contributed by atoms with Gasteiger partial charge in [0.15, 0.2) is 0 Å². The molecule has 0 amide bonds. The molecule has 0 aliphatic rings. The van der Waals surface area contributed by atoms with E-state index in [1.807, 2.05) is 12.1 Å². The third kappa shape index (κ3) is 0.876. The monoisotopic (exact) mass is 176 g/mol. The molecule has 0 atom stereocenters. The summed E-state index contributed by atoms with van der Waals surface area (Å²) >= 11 is 5.87. The van der Waals surface area contributed by atoms with E-state index in [1.54, 1.807) is 12.3 Å². The zero-order chi connectivity index (χ0) is 8.55. The van der Waals surface area contributed by atoms with Crippen molar-refractivity contribution < 1.29 is 0 Å². The summed E-state index contributed by atoms with van der Waals surface area (Å²) in [4.78, 5) is 2.98. The van der Waals surface area contributed by atoms with E-state index in [9.17, 15) is 0 Å². The van der Waals surface area contributed by atoms with E-state index in [2.05, 4.69) is 11.1 Å². The minimum Gasteiger partial charge on any atom is -0.360 e. The number of nitrogens with zero attached hydrogens (tertiary/aromatic N) is 1. The highest BCUT2D eigenvalue weighted by molar-refractivity contribution is 6.36. The van der Waals surface area contributed by atoms with E-state index in [-0.39, 0.29) is 0 Å². The lowest BCUT2D eigenvalue weighted by atomic mass is 10.1. The van der Waals surface area contributed by atoms with Gasteiger partial charge >= 0.3 is 0 Å². The molecule has 0 bridgehead atoms. The van der Waals surface area contributed by atoms with Crippen molar-refractivity contribution >= 4 is 22.5 Å². The largest absolute Gasteiger partial charge is 0.360 e. The number of hydrogen-bond donors (Lipinski definition) is 1. The van der Waals surface area contributed by atoms with E-state index < -0.39 is 0 Å². The van der Waals surface area contributed by atoms with Gasteiger partial charge in [-0.1, -0.05) is 17.7 Å². The van der Waals surface area contributed by atoms with E-state index in [0.717, 1.165) is 10.9 Å². The van der Waals surface area contributed by atoms with Crippen molar-refractivity contribution in [2.45, 2.75) is 0 Å². The quantitative estimate of drug-likeness (QED) is 0.659. The first-order valence-corrected chi connectivity index (χ1v) is 3.86. The Hall–Kier alpha value is -1.46. The van der Waals surface area contributed by atoms with Crippen molar-refractivity contribution in [2.24, 2.45) is 0 Å². The lowest BCUT2D eigenvalue weighted by Crippen LogP contribution is -1.74. The molecular formula is C9H5ClN2. The number of fused-ring (bicyclic) bond motifs is 1. The third-order valence-electron chi connectivity index (χ3n) is 1.78. The number of aromatic amines is 1. The van der Waals surface area contributed by atoms with Gasteiger partial charge in [0, 0.05) is 17.1 Å². The summed E-state index contributed by atoms with van der Waals surface area (Å²) in [5.41, 5.74) is 1.51.